The minimum atomic E-state index is -2.42. The van der Waals surface area contributed by atoms with Gasteiger partial charge in [-0.3, -0.25) is 4.90 Å². The third kappa shape index (κ3) is 3.16. The zero-order valence-electron chi connectivity index (χ0n) is 11.2. The number of hydrogen-bond acceptors (Lipinski definition) is 2. The summed E-state index contributed by atoms with van der Waals surface area (Å²) in [5.41, 5.74) is 0. The highest BCUT2D eigenvalue weighted by Crippen LogP contribution is 2.40. The molecule has 2 heterocycles. The Morgan fingerprint density at radius 3 is 2.95 bits per heavy atom. The molecule has 2 fully saturated rings. The molecule has 1 nitrogen and oxygen atoms in total. The fourth-order valence-electron chi connectivity index (χ4n) is 3.61. The van der Waals surface area contributed by atoms with E-state index in [-0.39, 0.29) is 18.8 Å². The topological polar surface area (TPSA) is 3.24 Å². The van der Waals surface area contributed by atoms with Crippen LogP contribution in [0.25, 0.3) is 0 Å². The molecule has 0 N–H and O–H groups in total. The molecule has 1 saturated carbocycles. The second kappa shape index (κ2) is 5.49. The van der Waals surface area contributed by atoms with Gasteiger partial charge in [0.2, 0.25) is 5.92 Å². The molecular formula is C15H21F2NS. The van der Waals surface area contributed by atoms with Crippen LogP contribution >= 0.6 is 11.3 Å². The maximum Gasteiger partial charge on any atom is 0.248 e. The smallest absolute Gasteiger partial charge is 0.248 e. The zero-order chi connectivity index (χ0) is 13.3. The Hall–Kier alpha value is -0.480. The summed E-state index contributed by atoms with van der Waals surface area (Å²) in [6.07, 6.45) is 4.24. The van der Waals surface area contributed by atoms with Crippen LogP contribution in [-0.4, -0.2) is 23.9 Å². The van der Waals surface area contributed by atoms with Crippen molar-refractivity contribution in [1.29, 1.82) is 0 Å². The average Bonchev–Trinajstić information content (AvgIpc) is 2.96. The molecular weight excluding hydrogens is 264 g/mol. The van der Waals surface area contributed by atoms with Gasteiger partial charge in [-0.2, -0.15) is 0 Å². The summed E-state index contributed by atoms with van der Waals surface area (Å²) < 4.78 is 27.0. The summed E-state index contributed by atoms with van der Waals surface area (Å²) in [5.74, 6) is -2.23. The maximum absolute atomic E-state index is 13.5. The summed E-state index contributed by atoms with van der Waals surface area (Å²) in [5, 5.41) is 2.11. The van der Waals surface area contributed by atoms with Gasteiger partial charge in [-0.1, -0.05) is 6.07 Å². The summed E-state index contributed by atoms with van der Waals surface area (Å²) in [6.45, 7) is 1.93. The molecule has 4 heteroatoms. The fraction of sp³-hybridized carbons (Fsp3) is 0.733. The Kier molecular flexibility index (Phi) is 3.90. The second-order valence-electron chi connectivity index (χ2n) is 5.99. The Balaban J connectivity index is 1.62. The molecule has 3 rings (SSSR count). The monoisotopic (exact) mass is 285 g/mol. The number of rotatable bonds is 3. The van der Waals surface area contributed by atoms with Crippen molar-refractivity contribution in [2.75, 3.05) is 13.1 Å². The largest absolute Gasteiger partial charge is 0.295 e. The van der Waals surface area contributed by atoms with Gasteiger partial charge in [-0.25, -0.2) is 8.78 Å². The van der Waals surface area contributed by atoms with Gasteiger partial charge in [0, 0.05) is 30.3 Å². The van der Waals surface area contributed by atoms with E-state index >= 15 is 0 Å². The van der Waals surface area contributed by atoms with Crippen LogP contribution in [0.4, 0.5) is 8.78 Å². The van der Waals surface area contributed by atoms with Gasteiger partial charge in [0.15, 0.2) is 0 Å². The molecule has 1 aliphatic carbocycles. The van der Waals surface area contributed by atoms with Crippen molar-refractivity contribution in [3.8, 4) is 0 Å². The first-order chi connectivity index (χ1) is 9.14. The van der Waals surface area contributed by atoms with E-state index in [1.54, 1.807) is 11.3 Å². The van der Waals surface area contributed by atoms with E-state index in [2.05, 4.69) is 22.4 Å². The van der Waals surface area contributed by atoms with Gasteiger partial charge in [0.1, 0.15) is 0 Å². The molecule has 0 unspecified atom stereocenters. The van der Waals surface area contributed by atoms with Gasteiger partial charge in [0.05, 0.1) is 0 Å². The van der Waals surface area contributed by atoms with Crippen molar-refractivity contribution in [2.24, 2.45) is 5.92 Å². The predicted molar refractivity (Wildman–Crippen MR) is 74.8 cm³/mol. The second-order valence-corrected chi connectivity index (χ2v) is 6.97. The molecule has 0 aromatic carbocycles. The summed E-state index contributed by atoms with van der Waals surface area (Å²) in [4.78, 5) is 3.85. The van der Waals surface area contributed by atoms with Crippen LogP contribution in [0.3, 0.4) is 0 Å². The fourth-order valence-corrected chi connectivity index (χ4v) is 4.51. The van der Waals surface area contributed by atoms with Crippen molar-refractivity contribution in [3.63, 3.8) is 0 Å². The van der Waals surface area contributed by atoms with Gasteiger partial charge in [-0.05, 0) is 49.6 Å². The van der Waals surface area contributed by atoms with Gasteiger partial charge in [0.25, 0.3) is 0 Å². The Morgan fingerprint density at radius 1 is 1.32 bits per heavy atom. The quantitative estimate of drug-likeness (QED) is 0.777. The van der Waals surface area contributed by atoms with Crippen molar-refractivity contribution in [2.45, 2.75) is 50.5 Å². The van der Waals surface area contributed by atoms with Crippen molar-refractivity contribution < 1.29 is 8.78 Å². The number of halogens is 2. The molecule has 0 bridgehead atoms. The number of nitrogens with zero attached hydrogens (tertiary/aromatic N) is 1. The molecule has 0 amide bonds. The Bertz CT molecular complexity index is 404. The van der Waals surface area contributed by atoms with Crippen LogP contribution in [0.1, 0.15) is 49.4 Å². The molecule has 1 aromatic rings. The van der Waals surface area contributed by atoms with Crippen LogP contribution in [0.2, 0.25) is 0 Å². The number of alkyl halides is 2. The maximum atomic E-state index is 13.5. The minimum Gasteiger partial charge on any atom is -0.295 e. The number of hydrogen-bond donors (Lipinski definition) is 0. The van der Waals surface area contributed by atoms with E-state index in [4.69, 9.17) is 0 Å². The first-order valence-corrected chi connectivity index (χ1v) is 8.17. The van der Waals surface area contributed by atoms with Gasteiger partial charge in [-0.15, -0.1) is 11.3 Å². The normalized spacial score (nSPS) is 31.7. The third-order valence-electron chi connectivity index (χ3n) is 4.47. The third-order valence-corrected chi connectivity index (χ3v) is 5.44. The minimum absolute atomic E-state index is 0.0951. The van der Waals surface area contributed by atoms with Crippen LogP contribution in [-0.2, 0) is 0 Å². The van der Waals surface area contributed by atoms with E-state index in [1.807, 2.05) is 0 Å². The summed E-state index contributed by atoms with van der Waals surface area (Å²) in [6, 6.07) is 4.75. The molecule has 0 radical (unpaired) electrons. The lowest BCUT2D eigenvalue weighted by atomic mass is 9.86. The standard InChI is InChI=1S/C15H21F2NS/c16-15(17)7-1-4-12(10-15)11-18-8-2-5-13(18)14-6-3-9-19-14/h3,6,9,12-13H,1-2,4-5,7-8,10-11H2/t12-,13+/m1/s1. The average molecular weight is 285 g/mol. The first-order valence-electron chi connectivity index (χ1n) is 7.29. The molecule has 0 spiro atoms. The molecule has 19 heavy (non-hydrogen) atoms. The van der Waals surface area contributed by atoms with Crippen LogP contribution in [0.5, 0.6) is 0 Å². The lowest BCUT2D eigenvalue weighted by molar-refractivity contribution is -0.0574. The van der Waals surface area contributed by atoms with E-state index in [0.29, 0.717) is 12.5 Å². The summed E-state index contributed by atoms with van der Waals surface area (Å²) >= 11 is 1.80. The van der Waals surface area contributed by atoms with Crippen molar-refractivity contribution in [3.05, 3.63) is 22.4 Å². The van der Waals surface area contributed by atoms with Crippen molar-refractivity contribution in [1.82, 2.24) is 4.90 Å². The van der Waals surface area contributed by atoms with E-state index in [9.17, 15) is 8.78 Å². The molecule has 2 aliphatic rings. The predicted octanol–water partition coefficient (Wildman–Crippen LogP) is 4.71. The van der Waals surface area contributed by atoms with E-state index in [0.717, 1.165) is 19.5 Å². The van der Waals surface area contributed by atoms with Crippen LogP contribution < -0.4 is 0 Å². The molecule has 2 atom stereocenters. The van der Waals surface area contributed by atoms with Crippen molar-refractivity contribution >= 4 is 11.3 Å². The molecule has 106 valence electrons. The zero-order valence-corrected chi connectivity index (χ0v) is 12.0. The Morgan fingerprint density at radius 2 is 2.21 bits per heavy atom. The van der Waals surface area contributed by atoms with E-state index in [1.165, 1.54) is 17.7 Å². The highest BCUT2D eigenvalue weighted by atomic mass is 32.1. The lowest BCUT2D eigenvalue weighted by Gasteiger charge is -2.33. The summed E-state index contributed by atoms with van der Waals surface area (Å²) in [7, 11) is 0. The SMILES string of the molecule is FC1(F)CCC[C@@H](CN2CCC[C@H]2c2cccs2)C1. The number of likely N-dealkylation sites (tertiary alicyclic amines) is 1. The number of thiophene rings is 1. The Labute approximate surface area is 117 Å². The van der Waals surface area contributed by atoms with Crippen LogP contribution in [0, 0.1) is 5.92 Å². The van der Waals surface area contributed by atoms with Gasteiger partial charge >= 0.3 is 0 Å². The highest BCUT2D eigenvalue weighted by molar-refractivity contribution is 7.10. The highest BCUT2D eigenvalue weighted by Gasteiger charge is 2.38. The first kappa shape index (κ1) is 13.5. The molecule has 1 aliphatic heterocycles. The molecule has 1 saturated heterocycles. The lowest BCUT2D eigenvalue weighted by Crippen LogP contribution is -2.35. The van der Waals surface area contributed by atoms with E-state index < -0.39 is 5.92 Å². The van der Waals surface area contributed by atoms with Gasteiger partial charge < -0.3 is 0 Å². The van der Waals surface area contributed by atoms with Crippen LogP contribution in [0.15, 0.2) is 17.5 Å². The molecule has 1 aromatic heterocycles.